The number of likely N-dealkylation sites (N-methyl/N-ethyl adjacent to an activating group) is 1. The van der Waals surface area contributed by atoms with Gasteiger partial charge in [-0.3, -0.25) is 20.4 Å². The summed E-state index contributed by atoms with van der Waals surface area (Å²) in [5, 5.41) is 4.05. The lowest BCUT2D eigenvalue weighted by Crippen LogP contribution is -2.47. The number of hydrazine groups is 1. The SMILES string of the molecule is Cc1ccc(S(=O)(=O)N(C)CC(=O)NNC(=O)c2nc3nc(C)cc(C)n3n2)cc1. The van der Waals surface area contributed by atoms with Gasteiger partial charge in [-0.15, -0.1) is 5.10 Å². The van der Waals surface area contributed by atoms with Crippen LogP contribution in [-0.4, -0.2) is 57.7 Å². The summed E-state index contributed by atoms with van der Waals surface area (Å²) in [6.07, 6.45) is 0. The van der Waals surface area contributed by atoms with Gasteiger partial charge in [0.25, 0.3) is 11.7 Å². The number of benzene rings is 1. The van der Waals surface area contributed by atoms with Crippen LogP contribution in [0.3, 0.4) is 0 Å². The Morgan fingerprint density at radius 3 is 2.40 bits per heavy atom. The molecule has 3 aromatic rings. The number of aryl methyl sites for hydroxylation is 3. The minimum atomic E-state index is -3.84. The summed E-state index contributed by atoms with van der Waals surface area (Å²) in [7, 11) is -2.57. The Hall–Kier alpha value is -3.38. The molecule has 0 spiro atoms. The number of hydrogen-bond acceptors (Lipinski definition) is 7. The fourth-order valence-electron chi connectivity index (χ4n) is 2.66. The summed E-state index contributed by atoms with van der Waals surface area (Å²) >= 11 is 0. The average molecular weight is 431 g/mol. The number of carbonyl (C=O) groups excluding carboxylic acids is 2. The molecule has 0 aliphatic rings. The Morgan fingerprint density at radius 2 is 1.73 bits per heavy atom. The number of nitrogens with zero attached hydrogens (tertiary/aromatic N) is 5. The zero-order chi connectivity index (χ0) is 22.1. The van der Waals surface area contributed by atoms with Crippen molar-refractivity contribution in [2.45, 2.75) is 25.7 Å². The fraction of sp³-hybridized carbons (Fsp3) is 0.278. The van der Waals surface area contributed by atoms with Gasteiger partial charge in [0.05, 0.1) is 11.4 Å². The van der Waals surface area contributed by atoms with Crippen molar-refractivity contribution in [3.05, 3.63) is 53.1 Å². The third kappa shape index (κ3) is 4.44. The molecule has 0 aliphatic carbocycles. The predicted octanol–water partition coefficient (Wildman–Crippen LogP) is 0.131. The van der Waals surface area contributed by atoms with E-state index < -0.39 is 28.4 Å². The van der Waals surface area contributed by atoms with E-state index in [0.717, 1.165) is 21.3 Å². The molecule has 0 saturated carbocycles. The lowest BCUT2D eigenvalue weighted by Gasteiger charge is -2.17. The lowest BCUT2D eigenvalue weighted by molar-refractivity contribution is -0.121. The van der Waals surface area contributed by atoms with E-state index in [9.17, 15) is 18.0 Å². The zero-order valence-electron chi connectivity index (χ0n) is 16.9. The van der Waals surface area contributed by atoms with E-state index in [2.05, 4.69) is 25.9 Å². The van der Waals surface area contributed by atoms with Crippen molar-refractivity contribution in [3.8, 4) is 0 Å². The van der Waals surface area contributed by atoms with E-state index in [4.69, 9.17) is 0 Å². The van der Waals surface area contributed by atoms with Gasteiger partial charge in [0, 0.05) is 18.4 Å². The number of fused-ring (bicyclic) bond motifs is 1. The molecule has 0 unspecified atom stereocenters. The number of amides is 2. The molecule has 3 rings (SSSR count). The van der Waals surface area contributed by atoms with Crippen LogP contribution in [0, 0.1) is 20.8 Å². The van der Waals surface area contributed by atoms with E-state index in [1.54, 1.807) is 32.0 Å². The molecule has 12 heteroatoms. The first-order chi connectivity index (χ1) is 14.1. The van der Waals surface area contributed by atoms with Crippen molar-refractivity contribution in [1.29, 1.82) is 0 Å². The third-order valence-electron chi connectivity index (χ3n) is 4.23. The van der Waals surface area contributed by atoms with Gasteiger partial charge >= 0.3 is 5.91 Å². The number of carbonyl (C=O) groups is 2. The van der Waals surface area contributed by atoms with Crippen LogP contribution in [-0.2, 0) is 14.8 Å². The highest BCUT2D eigenvalue weighted by atomic mass is 32.2. The molecular formula is C18H21N7O4S. The Kier molecular flexibility index (Phi) is 5.80. The molecular weight excluding hydrogens is 410 g/mol. The van der Waals surface area contributed by atoms with Crippen molar-refractivity contribution >= 4 is 27.6 Å². The van der Waals surface area contributed by atoms with Crippen molar-refractivity contribution in [2.24, 2.45) is 0 Å². The molecule has 30 heavy (non-hydrogen) atoms. The van der Waals surface area contributed by atoms with Crippen molar-refractivity contribution in [3.63, 3.8) is 0 Å². The van der Waals surface area contributed by atoms with Crippen LogP contribution in [0.5, 0.6) is 0 Å². The van der Waals surface area contributed by atoms with E-state index >= 15 is 0 Å². The van der Waals surface area contributed by atoms with Crippen LogP contribution in [0.25, 0.3) is 5.78 Å². The summed E-state index contributed by atoms with van der Waals surface area (Å²) in [6, 6.07) is 8.05. The maximum Gasteiger partial charge on any atom is 0.309 e. The highest BCUT2D eigenvalue weighted by Crippen LogP contribution is 2.14. The van der Waals surface area contributed by atoms with Gasteiger partial charge in [-0.2, -0.15) is 9.29 Å². The normalized spacial score (nSPS) is 11.6. The quantitative estimate of drug-likeness (QED) is 0.548. The largest absolute Gasteiger partial charge is 0.309 e. The second-order valence-corrected chi connectivity index (χ2v) is 8.81. The van der Waals surface area contributed by atoms with Gasteiger partial charge in [0.15, 0.2) is 0 Å². The summed E-state index contributed by atoms with van der Waals surface area (Å²) in [5.74, 6) is -1.41. The predicted molar refractivity (Wildman–Crippen MR) is 107 cm³/mol. The minimum Gasteiger partial charge on any atom is -0.272 e. The monoisotopic (exact) mass is 431 g/mol. The number of nitrogens with one attached hydrogen (secondary N) is 2. The van der Waals surface area contributed by atoms with Crippen LogP contribution in [0.4, 0.5) is 0 Å². The average Bonchev–Trinajstić information content (AvgIpc) is 3.11. The van der Waals surface area contributed by atoms with Crippen LogP contribution in [0.15, 0.2) is 35.2 Å². The van der Waals surface area contributed by atoms with Gasteiger partial charge < -0.3 is 0 Å². The summed E-state index contributed by atoms with van der Waals surface area (Å²) in [6.45, 7) is 4.94. The van der Waals surface area contributed by atoms with Gasteiger partial charge in [0.1, 0.15) is 0 Å². The summed E-state index contributed by atoms with van der Waals surface area (Å²) in [4.78, 5) is 32.6. The molecule has 0 fully saturated rings. The molecule has 0 aliphatic heterocycles. The Balaban J connectivity index is 1.62. The smallest absolute Gasteiger partial charge is 0.272 e. The second-order valence-electron chi connectivity index (χ2n) is 6.76. The van der Waals surface area contributed by atoms with Crippen LogP contribution >= 0.6 is 0 Å². The molecule has 1 aromatic carbocycles. The highest BCUT2D eigenvalue weighted by Gasteiger charge is 2.23. The van der Waals surface area contributed by atoms with E-state index in [-0.39, 0.29) is 16.5 Å². The topological polar surface area (TPSA) is 139 Å². The number of sulfonamides is 1. The Bertz CT molecular complexity index is 1220. The van der Waals surface area contributed by atoms with Crippen molar-refractivity contribution < 1.29 is 18.0 Å². The molecule has 2 amide bonds. The second kappa shape index (κ2) is 8.16. The van der Waals surface area contributed by atoms with Crippen molar-refractivity contribution in [2.75, 3.05) is 13.6 Å². The number of aromatic nitrogens is 4. The first-order valence-corrected chi connectivity index (χ1v) is 10.3. The summed E-state index contributed by atoms with van der Waals surface area (Å²) in [5.41, 5.74) is 6.72. The van der Waals surface area contributed by atoms with Crippen LogP contribution in [0.1, 0.15) is 27.6 Å². The Labute approximate surface area is 173 Å². The molecule has 2 heterocycles. The molecule has 2 aromatic heterocycles. The standard InChI is InChI=1S/C18H21N7O4S/c1-11-5-7-14(8-6-11)30(28,29)24(4)10-15(26)21-22-17(27)16-20-18-19-12(2)9-13(3)25(18)23-16/h5-9H,10H2,1-4H3,(H,21,26)(H,22,27). The number of hydrogen-bond donors (Lipinski definition) is 2. The van der Waals surface area contributed by atoms with E-state index in [0.29, 0.717) is 0 Å². The third-order valence-corrected chi connectivity index (χ3v) is 6.05. The first kappa shape index (κ1) is 21.3. The number of rotatable bonds is 5. The molecule has 158 valence electrons. The van der Waals surface area contributed by atoms with E-state index in [1.165, 1.54) is 23.7 Å². The molecule has 0 radical (unpaired) electrons. The minimum absolute atomic E-state index is 0.0690. The van der Waals surface area contributed by atoms with Gasteiger partial charge in [-0.05, 0) is 39.0 Å². The van der Waals surface area contributed by atoms with Gasteiger partial charge in [0.2, 0.25) is 15.8 Å². The fourth-order valence-corrected chi connectivity index (χ4v) is 3.79. The van der Waals surface area contributed by atoms with E-state index in [1.807, 2.05) is 6.92 Å². The molecule has 0 saturated heterocycles. The first-order valence-electron chi connectivity index (χ1n) is 8.91. The molecule has 0 atom stereocenters. The van der Waals surface area contributed by atoms with Crippen LogP contribution < -0.4 is 10.9 Å². The maximum absolute atomic E-state index is 12.5. The van der Waals surface area contributed by atoms with Crippen LogP contribution in [0.2, 0.25) is 0 Å². The molecule has 2 N–H and O–H groups in total. The lowest BCUT2D eigenvalue weighted by atomic mass is 10.2. The summed E-state index contributed by atoms with van der Waals surface area (Å²) < 4.78 is 27.3. The maximum atomic E-state index is 12.5. The highest BCUT2D eigenvalue weighted by molar-refractivity contribution is 7.89. The Morgan fingerprint density at radius 1 is 1.07 bits per heavy atom. The molecule has 11 nitrogen and oxygen atoms in total. The van der Waals surface area contributed by atoms with Gasteiger partial charge in [-0.25, -0.2) is 17.9 Å². The van der Waals surface area contributed by atoms with Gasteiger partial charge in [-0.1, -0.05) is 17.7 Å². The zero-order valence-corrected chi connectivity index (χ0v) is 17.7. The van der Waals surface area contributed by atoms with Crippen molar-refractivity contribution in [1.82, 2.24) is 34.7 Å². The molecule has 0 bridgehead atoms.